The molecule has 0 aromatic carbocycles. The molecule has 2 unspecified atom stereocenters. The van der Waals surface area contributed by atoms with Gasteiger partial charge in [0.05, 0.1) is 0 Å². The predicted octanol–water partition coefficient (Wildman–Crippen LogP) is 6.98. The van der Waals surface area contributed by atoms with Crippen LogP contribution in [-0.4, -0.2) is 35.1 Å². The summed E-state index contributed by atoms with van der Waals surface area (Å²) in [7, 11) is 0. The Balaban J connectivity index is 5.13. The number of ether oxygens (including phenoxy) is 2. The zero-order chi connectivity index (χ0) is 20.1. The van der Waals surface area contributed by atoms with Crippen LogP contribution in [0.15, 0.2) is 0 Å². The van der Waals surface area contributed by atoms with Crippen LogP contribution in [0.4, 0.5) is 0 Å². The fourth-order valence-corrected chi connectivity index (χ4v) is 3.90. The lowest BCUT2D eigenvalue weighted by Gasteiger charge is -2.30. The van der Waals surface area contributed by atoms with Gasteiger partial charge >= 0.3 is 0 Å². The number of halogens is 2. The second kappa shape index (κ2) is 14.4. The molecule has 0 rings (SSSR count). The first-order valence-corrected chi connectivity index (χ1v) is 12.3. The summed E-state index contributed by atoms with van der Waals surface area (Å²) < 4.78 is 12.5. The Morgan fingerprint density at radius 2 is 1.04 bits per heavy atom. The van der Waals surface area contributed by atoms with Gasteiger partial charge in [-0.2, -0.15) is 0 Å². The molecule has 0 radical (unpaired) electrons. The van der Waals surface area contributed by atoms with E-state index in [1.54, 1.807) is 0 Å². The monoisotopic (exact) mass is 494 g/mol. The van der Waals surface area contributed by atoms with Crippen LogP contribution < -0.4 is 0 Å². The lowest BCUT2D eigenvalue weighted by atomic mass is 9.90. The lowest BCUT2D eigenvalue weighted by Crippen LogP contribution is -2.33. The van der Waals surface area contributed by atoms with Gasteiger partial charge in [0.1, 0.15) is 11.2 Å². The van der Waals surface area contributed by atoms with Crippen LogP contribution in [0.1, 0.15) is 80.1 Å². The van der Waals surface area contributed by atoms with Crippen molar-refractivity contribution < 1.29 is 9.47 Å². The molecule has 0 aliphatic carbocycles. The highest BCUT2D eigenvalue weighted by atomic mass is 79.9. The van der Waals surface area contributed by atoms with Gasteiger partial charge in [-0.25, -0.2) is 0 Å². The Hall–Kier alpha value is 0.440. The summed E-state index contributed by atoms with van der Waals surface area (Å²) in [6.07, 6.45) is 6.27. The van der Waals surface area contributed by atoms with Crippen molar-refractivity contribution in [3.63, 3.8) is 0 Å². The van der Waals surface area contributed by atoms with Crippen LogP contribution in [0, 0.1) is 23.7 Å². The first-order chi connectivity index (χ1) is 12.2. The molecule has 4 heteroatoms. The minimum absolute atomic E-state index is 0.405. The third kappa shape index (κ3) is 13.6. The van der Waals surface area contributed by atoms with Crippen molar-refractivity contribution in [3.05, 3.63) is 0 Å². The molecule has 2 nitrogen and oxygen atoms in total. The summed E-state index contributed by atoms with van der Waals surface area (Å²) >= 11 is 6.96. The number of alkyl halides is 2. The van der Waals surface area contributed by atoms with E-state index < -0.39 is 11.2 Å². The molecule has 0 saturated carbocycles. The highest BCUT2D eigenvalue weighted by Gasteiger charge is 2.28. The smallest absolute Gasteiger partial charge is 0.126 e. The number of hydrogen-bond donors (Lipinski definition) is 0. The molecular weight excluding hydrogens is 456 g/mol. The summed E-state index contributed by atoms with van der Waals surface area (Å²) in [6.45, 7) is 14.7. The zero-order valence-corrected chi connectivity index (χ0v) is 21.0. The minimum Gasteiger partial charge on any atom is -0.363 e. The summed E-state index contributed by atoms with van der Waals surface area (Å²) in [5.41, 5.74) is -0.810. The second-order valence-corrected chi connectivity index (χ2v) is 9.98. The zero-order valence-electron chi connectivity index (χ0n) is 17.8. The van der Waals surface area contributed by atoms with Gasteiger partial charge in [-0.15, -0.1) is 0 Å². The molecule has 26 heavy (non-hydrogen) atoms. The van der Waals surface area contributed by atoms with Crippen molar-refractivity contribution in [1.29, 1.82) is 0 Å². The molecule has 0 bridgehead atoms. The van der Waals surface area contributed by atoms with Crippen molar-refractivity contribution in [1.82, 2.24) is 0 Å². The Kier molecular flexibility index (Phi) is 14.7. The second-order valence-electron chi connectivity index (χ2n) is 8.40. The maximum atomic E-state index is 6.23. The number of hydrogen-bond acceptors (Lipinski definition) is 2. The Bertz CT molecular complexity index is 378. The van der Waals surface area contributed by atoms with Gasteiger partial charge in [-0.3, -0.25) is 0 Å². The standard InChI is InChI=1S/C22H40Br2O2/c1-19(2)17-21(5,25-15-9-7-13-23)11-12-22(6,18-20(3)4)26-16-10-8-14-24/h19-20H,7-10,13-18H2,1-6H3. The molecule has 0 spiro atoms. The topological polar surface area (TPSA) is 18.5 Å². The first-order valence-electron chi connectivity index (χ1n) is 10.1. The van der Waals surface area contributed by atoms with Gasteiger partial charge in [-0.05, 0) is 64.2 Å². The molecule has 2 atom stereocenters. The largest absolute Gasteiger partial charge is 0.363 e. The van der Waals surface area contributed by atoms with Gasteiger partial charge in [-0.1, -0.05) is 71.4 Å². The molecule has 0 amide bonds. The average molecular weight is 496 g/mol. The average Bonchev–Trinajstić information content (AvgIpc) is 2.53. The summed E-state index contributed by atoms with van der Waals surface area (Å²) in [5.74, 6) is 8.03. The van der Waals surface area contributed by atoms with E-state index >= 15 is 0 Å². The summed E-state index contributed by atoms with van der Waals surface area (Å²) in [4.78, 5) is 0. The third-order valence-electron chi connectivity index (χ3n) is 4.08. The molecule has 0 heterocycles. The van der Waals surface area contributed by atoms with Crippen molar-refractivity contribution in [3.8, 4) is 11.8 Å². The molecular formula is C22H40Br2O2. The van der Waals surface area contributed by atoms with Crippen molar-refractivity contribution in [2.45, 2.75) is 91.3 Å². The Morgan fingerprint density at radius 1 is 0.692 bits per heavy atom. The van der Waals surface area contributed by atoms with E-state index in [2.05, 4.69) is 85.2 Å². The van der Waals surface area contributed by atoms with Crippen LogP contribution in [0.2, 0.25) is 0 Å². The summed E-state index contributed by atoms with van der Waals surface area (Å²) in [6, 6.07) is 0. The first kappa shape index (κ1) is 26.4. The molecule has 0 aromatic rings. The van der Waals surface area contributed by atoms with Crippen molar-refractivity contribution >= 4 is 31.9 Å². The fourth-order valence-electron chi connectivity index (χ4n) is 3.10. The molecule has 0 aliphatic rings. The minimum atomic E-state index is -0.405. The van der Waals surface area contributed by atoms with Crippen molar-refractivity contribution in [2.24, 2.45) is 11.8 Å². The van der Waals surface area contributed by atoms with Crippen LogP contribution in [0.25, 0.3) is 0 Å². The van der Waals surface area contributed by atoms with Crippen molar-refractivity contribution in [2.75, 3.05) is 23.9 Å². The molecule has 154 valence electrons. The Morgan fingerprint density at radius 3 is 1.31 bits per heavy atom. The maximum Gasteiger partial charge on any atom is 0.126 e. The Labute approximate surface area is 179 Å². The van der Waals surface area contributed by atoms with Gasteiger partial charge in [0.2, 0.25) is 0 Å². The summed E-state index contributed by atoms with van der Waals surface area (Å²) in [5, 5.41) is 2.05. The van der Waals surface area contributed by atoms with Crippen LogP contribution in [0.5, 0.6) is 0 Å². The predicted molar refractivity (Wildman–Crippen MR) is 121 cm³/mol. The van der Waals surface area contributed by atoms with E-state index in [1.807, 2.05) is 0 Å². The van der Waals surface area contributed by atoms with E-state index in [4.69, 9.17) is 9.47 Å². The number of unbranched alkanes of at least 4 members (excludes halogenated alkanes) is 2. The molecule has 0 fully saturated rings. The quantitative estimate of drug-likeness (QED) is 0.147. The van der Waals surface area contributed by atoms with Gasteiger partial charge in [0.15, 0.2) is 0 Å². The highest BCUT2D eigenvalue weighted by molar-refractivity contribution is 9.09. The molecule has 0 aromatic heterocycles. The van der Waals surface area contributed by atoms with Crippen LogP contribution in [-0.2, 0) is 9.47 Å². The van der Waals surface area contributed by atoms with E-state index in [0.29, 0.717) is 11.8 Å². The fraction of sp³-hybridized carbons (Fsp3) is 0.909. The number of rotatable bonds is 14. The van der Waals surface area contributed by atoms with E-state index in [1.165, 1.54) is 0 Å². The van der Waals surface area contributed by atoms with Gasteiger partial charge in [0.25, 0.3) is 0 Å². The van der Waals surface area contributed by atoms with Gasteiger partial charge < -0.3 is 9.47 Å². The van der Waals surface area contributed by atoms with Crippen LogP contribution >= 0.6 is 31.9 Å². The maximum absolute atomic E-state index is 6.23. The van der Waals surface area contributed by atoms with E-state index in [9.17, 15) is 0 Å². The lowest BCUT2D eigenvalue weighted by molar-refractivity contribution is -0.0111. The van der Waals surface area contributed by atoms with E-state index in [0.717, 1.165) is 62.4 Å². The molecule has 0 saturated heterocycles. The third-order valence-corrected chi connectivity index (χ3v) is 5.21. The van der Waals surface area contributed by atoms with E-state index in [-0.39, 0.29) is 0 Å². The highest BCUT2D eigenvalue weighted by Crippen LogP contribution is 2.25. The SMILES string of the molecule is CC(C)CC(C)(C#CC(C)(CC(C)C)OCCCCBr)OCCCCBr. The molecule has 0 N–H and O–H groups in total. The normalized spacial score (nSPS) is 16.2. The van der Waals surface area contributed by atoms with Crippen LogP contribution in [0.3, 0.4) is 0 Å². The molecule has 0 aliphatic heterocycles. The van der Waals surface area contributed by atoms with Gasteiger partial charge in [0, 0.05) is 23.9 Å².